The Labute approximate surface area is 55.8 Å². The lowest BCUT2D eigenvalue weighted by atomic mass is 10.4. The fourth-order valence-corrected chi connectivity index (χ4v) is 0.679. The number of thiol groups is 1. The largest absolute Gasteiger partial charge is 0.364 e. The maximum absolute atomic E-state index is 5.42. The Morgan fingerprint density at radius 3 is 2.75 bits per heavy atom. The molecule has 0 amide bonds. The van der Waals surface area contributed by atoms with E-state index in [9.17, 15) is 0 Å². The predicted molar refractivity (Wildman–Crippen MR) is 38.1 cm³/mol. The molecule has 0 fully saturated rings. The first-order chi connectivity index (χ1) is 3.81. The first kappa shape index (κ1) is 8.27. The minimum absolute atomic E-state index is 0.113. The number of ether oxygens (including phenoxy) is 1. The van der Waals surface area contributed by atoms with Crippen molar-refractivity contribution in [3.8, 4) is 0 Å². The maximum atomic E-state index is 5.42. The van der Waals surface area contributed by atoms with Gasteiger partial charge in [-0.3, -0.25) is 0 Å². The third-order valence-corrected chi connectivity index (χ3v) is 1.05. The Balaban J connectivity index is 2.92. The summed E-state index contributed by atoms with van der Waals surface area (Å²) in [5.74, 6) is 0.793. The first-order valence-electron chi connectivity index (χ1n) is 2.79. The van der Waals surface area contributed by atoms with Crippen LogP contribution in [0, 0.1) is 0 Å². The quantitative estimate of drug-likeness (QED) is 0.438. The molecule has 0 aliphatic heterocycles. The van der Waals surface area contributed by atoms with E-state index in [4.69, 9.17) is 10.5 Å². The molecule has 0 aliphatic rings. The lowest BCUT2D eigenvalue weighted by Gasteiger charge is -2.07. The van der Waals surface area contributed by atoms with Crippen LogP contribution >= 0.6 is 12.6 Å². The van der Waals surface area contributed by atoms with Crippen molar-refractivity contribution >= 4 is 12.6 Å². The molecule has 0 spiro atoms. The highest BCUT2D eigenvalue weighted by molar-refractivity contribution is 7.80. The molecule has 8 heavy (non-hydrogen) atoms. The maximum Gasteiger partial charge on any atom is 0.106 e. The summed E-state index contributed by atoms with van der Waals surface area (Å²) in [5.41, 5.74) is 5.42. The van der Waals surface area contributed by atoms with Crippen LogP contribution in [-0.2, 0) is 4.74 Å². The smallest absolute Gasteiger partial charge is 0.106 e. The summed E-state index contributed by atoms with van der Waals surface area (Å²) in [6.45, 7) is 2.62. The summed E-state index contributed by atoms with van der Waals surface area (Å²) in [6.07, 6.45) is 0.717. The molecule has 3 heteroatoms. The number of nitrogens with two attached hydrogens (primary N) is 1. The minimum Gasteiger partial charge on any atom is -0.364 e. The predicted octanol–water partition coefficient (Wildman–Crippen LogP) is 0.628. The van der Waals surface area contributed by atoms with Gasteiger partial charge in [-0.05, 0) is 19.1 Å². The van der Waals surface area contributed by atoms with Gasteiger partial charge in [-0.2, -0.15) is 12.6 Å². The second-order valence-corrected chi connectivity index (χ2v) is 1.95. The Morgan fingerprint density at radius 2 is 2.38 bits per heavy atom. The standard InChI is InChI=1S/C5H13NOS/c1-2-7-5(6)3-4-8/h5,8H,2-4,6H2,1H3. The van der Waals surface area contributed by atoms with Gasteiger partial charge in [0.05, 0.1) is 0 Å². The molecule has 0 aromatic carbocycles. The minimum atomic E-state index is -0.113. The molecular weight excluding hydrogens is 122 g/mol. The van der Waals surface area contributed by atoms with Gasteiger partial charge in [-0.25, -0.2) is 0 Å². The van der Waals surface area contributed by atoms with Gasteiger partial charge < -0.3 is 10.5 Å². The van der Waals surface area contributed by atoms with Crippen molar-refractivity contribution < 1.29 is 4.74 Å². The van der Waals surface area contributed by atoms with Crippen molar-refractivity contribution in [3.63, 3.8) is 0 Å². The van der Waals surface area contributed by atoms with E-state index in [-0.39, 0.29) is 6.23 Å². The van der Waals surface area contributed by atoms with Crippen LogP contribution in [0.3, 0.4) is 0 Å². The van der Waals surface area contributed by atoms with Crippen LogP contribution in [0.4, 0.5) is 0 Å². The number of hydrogen-bond donors (Lipinski definition) is 2. The molecule has 0 aromatic rings. The van der Waals surface area contributed by atoms with E-state index < -0.39 is 0 Å². The molecule has 2 nitrogen and oxygen atoms in total. The van der Waals surface area contributed by atoms with Crippen molar-refractivity contribution in [1.82, 2.24) is 0 Å². The van der Waals surface area contributed by atoms with Crippen LogP contribution in [0.25, 0.3) is 0 Å². The average molecular weight is 135 g/mol. The molecule has 0 radical (unpaired) electrons. The second-order valence-electron chi connectivity index (χ2n) is 1.51. The Morgan fingerprint density at radius 1 is 1.75 bits per heavy atom. The fourth-order valence-electron chi connectivity index (χ4n) is 0.425. The number of hydrogen-bond acceptors (Lipinski definition) is 3. The van der Waals surface area contributed by atoms with Crippen LogP contribution in [-0.4, -0.2) is 18.6 Å². The van der Waals surface area contributed by atoms with E-state index in [0.717, 1.165) is 12.2 Å². The molecule has 50 valence electrons. The molecular formula is C5H13NOS. The van der Waals surface area contributed by atoms with Gasteiger partial charge in [-0.15, -0.1) is 0 Å². The van der Waals surface area contributed by atoms with Gasteiger partial charge in [-0.1, -0.05) is 0 Å². The van der Waals surface area contributed by atoms with Gasteiger partial charge >= 0.3 is 0 Å². The Hall–Kier alpha value is 0.270. The molecule has 0 saturated heterocycles. The average Bonchev–Trinajstić information content (AvgIpc) is 1.68. The summed E-state index contributed by atoms with van der Waals surface area (Å²) in [6, 6.07) is 0. The molecule has 0 saturated carbocycles. The molecule has 0 bridgehead atoms. The SMILES string of the molecule is CCOC(N)CCS. The molecule has 1 unspecified atom stereocenters. The zero-order valence-electron chi connectivity index (χ0n) is 5.13. The van der Waals surface area contributed by atoms with E-state index >= 15 is 0 Å². The van der Waals surface area contributed by atoms with Gasteiger partial charge in [0.25, 0.3) is 0 Å². The molecule has 2 N–H and O–H groups in total. The topological polar surface area (TPSA) is 35.2 Å². The van der Waals surface area contributed by atoms with Crippen LogP contribution in [0.2, 0.25) is 0 Å². The van der Waals surface area contributed by atoms with Gasteiger partial charge in [0, 0.05) is 6.61 Å². The van der Waals surface area contributed by atoms with Crippen molar-refractivity contribution in [2.45, 2.75) is 19.6 Å². The van der Waals surface area contributed by atoms with E-state index in [2.05, 4.69) is 12.6 Å². The Kier molecular flexibility index (Phi) is 5.59. The summed E-state index contributed by atoms with van der Waals surface area (Å²) >= 11 is 3.99. The highest BCUT2D eigenvalue weighted by Crippen LogP contribution is 1.91. The zero-order valence-corrected chi connectivity index (χ0v) is 6.03. The van der Waals surface area contributed by atoms with Gasteiger partial charge in [0.2, 0.25) is 0 Å². The zero-order chi connectivity index (χ0) is 6.41. The fraction of sp³-hybridized carbons (Fsp3) is 1.00. The van der Waals surface area contributed by atoms with Crippen molar-refractivity contribution in [1.29, 1.82) is 0 Å². The van der Waals surface area contributed by atoms with E-state index in [1.165, 1.54) is 0 Å². The molecule has 1 atom stereocenters. The second kappa shape index (κ2) is 5.41. The van der Waals surface area contributed by atoms with Crippen LogP contribution in [0.1, 0.15) is 13.3 Å². The third kappa shape index (κ3) is 4.43. The van der Waals surface area contributed by atoms with Gasteiger partial charge in [0.1, 0.15) is 6.23 Å². The Bertz CT molecular complexity index is 45.7. The highest BCUT2D eigenvalue weighted by atomic mass is 32.1. The van der Waals surface area contributed by atoms with Crippen LogP contribution in [0.5, 0.6) is 0 Å². The van der Waals surface area contributed by atoms with Crippen molar-refractivity contribution in [2.75, 3.05) is 12.4 Å². The van der Waals surface area contributed by atoms with Crippen molar-refractivity contribution in [2.24, 2.45) is 5.73 Å². The van der Waals surface area contributed by atoms with E-state index in [0.29, 0.717) is 6.61 Å². The monoisotopic (exact) mass is 135 g/mol. The summed E-state index contributed by atoms with van der Waals surface area (Å²) in [5, 5.41) is 0. The van der Waals surface area contributed by atoms with Gasteiger partial charge in [0.15, 0.2) is 0 Å². The molecule has 0 rings (SSSR count). The molecule has 0 aromatic heterocycles. The van der Waals surface area contributed by atoms with Crippen LogP contribution < -0.4 is 5.73 Å². The molecule has 0 aliphatic carbocycles. The lowest BCUT2D eigenvalue weighted by Crippen LogP contribution is -2.23. The third-order valence-electron chi connectivity index (χ3n) is 0.794. The normalized spacial score (nSPS) is 13.9. The summed E-state index contributed by atoms with van der Waals surface area (Å²) in [7, 11) is 0. The highest BCUT2D eigenvalue weighted by Gasteiger charge is 1.96. The molecule has 0 heterocycles. The van der Waals surface area contributed by atoms with Crippen LogP contribution in [0.15, 0.2) is 0 Å². The van der Waals surface area contributed by atoms with E-state index in [1.807, 2.05) is 6.92 Å². The lowest BCUT2D eigenvalue weighted by molar-refractivity contribution is 0.0661. The summed E-state index contributed by atoms with van der Waals surface area (Å²) in [4.78, 5) is 0. The number of rotatable bonds is 4. The first-order valence-corrected chi connectivity index (χ1v) is 3.42. The van der Waals surface area contributed by atoms with Crippen molar-refractivity contribution in [3.05, 3.63) is 0 Å². The van der Waals surface area contributed by atoms with E-state index in [1.54, 1.807) is 0 Å². The summed E-state index contributed by atoms with van der Waals surface area (Å²) < 4.78 is 5.01.